The second kappa shape index (κ2) is 16.2. The smallest absolute Gasteiger partial charge is 0.343 e. The molecule has 10 nitrogen and oxygen atoms in total. The Morgan fingerprint density at radius 3 is 1.76 bits per heavy atom. The van der Waals surface area contributed by atoms with Crippen molar-refractivity contribution in [3.05, 3.63) is 95.6 Å². The van der Waals surface area contributed by atoms with E-state index in [4.69, 9.17) is 23.7 Å². The number of esters is 3. The normalized spacial score (nSPS) is 10.2. The number of benzene rings is 3. The first-order valence-electron chi connectivity index (χ1n) is 13.2. The molecule has 0 amide bonds. The van der Waals surface area contributed by atoms with Crippen LogP contribution >= 0.6 is 0 Å². The van der Waals surface area contributed by atoms with E-state index in [1.165, 1.54) is 6.07 Å². The van der Waals surface area contributed by atoms with Crippen molar-refractivity contribution in [1.82, 2.24) is 0 Å². The number of aryl methyl sites for hydroxylation is 1. The van der Waals surface area contributed by atoms with Crippen molar-refractivity contribution >= 4 is 24.4 Å². The molecule has 10 heteroatoms. The highest BCUT2D eigenvalue weighted by molar-refractivity contribution is 5.92. The zero-order chi connectivity index (χ0) is 30.3. The van der Waals surface area contributed by atoms with E-state index in [2.05, 4.69) is 11.3 Å². The third-order valence-corrected chi connectivity index (χ3v) is 5.62. The highest BCUT2D eigenvalue weighted by Gasteiger charge is 2.14. The average Bonchev–Trinajstić information content (AvgIpc) is 2.98. The molecule has 0 spiro atoms. The van der Waals surface area contributed by atoms with E-state index in [9.17, 15) is 19.2 Å². The minimum absolute atomic E-state index is 0.221. The van der Waals surface area contributed by atoms with Gasteiger partial charge in [-0.2, -0.15) is 0 Å². The van der Waals surface area contributed by atoms with Gasteiger partial charge in [0.15, 0.2) is 0 Å². The molecule has 0 fully saturated rings. The van der Waals surface area contributed by atoms with Crippen LogP contribution in [0, 0.1) is 6.92 Å². The Kier molecular flexibility index (Phi) is 12.1. The molecule has 42 heavy (non-hydrogen) atoms. The fraction of sp³-hybridized carbons (Fsp3) is 0.250. The highest BCUT2D eigenvalue weighted by atomic mass is 16.5. The van der Waals surface area contributed by atoms with Crippen LogP contribution in [0.5, 0.6) is 23.0 Å². The molecule has 0 saturated heterocycles. The van der Waals surface area contributed by atoms with Crippen LogP contribution in [0.25, 0.3) is 0 Å². The summed E-state index contributed by atoms with van der Waals surface area (Å²) < 4.78 is 31.7. The second-order valence-electron chi connectivity index (χ2n) is 9.04. The first-order chi connectivity index (χ1) is 20.3. The third kappa shape index (κ3) is 10.1. The van der Waals surface area contributed by atoms with Crippen LogP contribution in [0.2, 0.25) is 0 Å². The van der Waals surface area contributed by atoms with Crippen LogP contribution in [0.4, 0.5) is 0 Å². The molecule has 0 N–H and O–H groups in total. The van der Waals surface area contributed by atoms with E-state index in [1.807, 2.05) is 0 Å². The van der Waals surface area contributed by atoms with Gasteiger partial charge in [-0.1, -0.05) is 6.58 Å². The molecule has 0 bridgehead atoms. The average molecular weight is 577 g/mol. The molecule has 220 valence electrons. The van der Waals surface area contributed by atoms with Gasteiger partial charge in [-0.25, -0.2) is 14.4 Å². The maximum Gasteiger partial charge on any atom is 0.343 e. The van der Waals surface area contributed by atoms with Gasteiger partial charge in [0.1, 0.15) is 23.0 Å². The largest absolute Gasteiger partial charge is 0.493 e. The molecule has 0 aliphatic heterocycles. The molecular formula is C32H32O10. The summed E-state index contributed by atoms with van der Waals surface area (Å²) in [7, 11) is 0. The summed E-state index contributed by atoms with van der Waals surface area (Å²) in [5, 5.41) is 0. The molecule has 0 aromatic heterocycles. The first kappa shape index (κ1) is 31.4. The predicted octanol–water partition coefficient (Wildman–Crippen LogP) is 5.26. The lowest BCUT2D eigenvalue weighted by molar-refractivity contribution is -0.139. The molecule has 3 aromatic carbocycles. The summed E-state index contributed by atoms with van der Waals surface area (Å²) in [4.78, 5) is 46.7. The maximum absolute atomic E-state index is 12.6. The van der Waals surface area contributed by atoms with Crippen molar-refractivity contribution in [3.63, 3.8) is 0 Å². The quantitative estimate of drug-likeness (QED) is 0.0733. The Balaban J connectivity index is 1.46. The molecular weight excluding hydrogens is 544 g/mol. The van der Waals surface area contributed by atoms with Crippen LogP contribution in [0.15, 0.2) is 78.9 Å². The zero-order valence-electron chi connectivity index (χ0n) is 23.5. The molecule has 0 saturated carbocycles. The molecule has 0 radical (unpaired) electrons. The SMILES string of the molecule is C=C(C)C(=O)OCCCOc1ccc(C(=O)Oc2ccc(OC(=O)c3ccc(OCCCOC=O)cc3)cc2C)cc1. The standard InChI is InChI=1S/C32H32O10/c1-22(2)30(34)40-19-5-18-39-27-12-8-25(9-13-27)32(36)42-29-15-14-28(20-23(29)3)41-31(35)24-6-10-26(11-7-24)38-17-4-16-37-21-33/h6-15,20-21H,1,4-5,16-19H2,2-3H3. The minimum Gasteiger partial charge on any atom is -0.493 e. The molecule has 0 unspecified atom stereocenters. The number of rotatable bonds is 16. The number of carbonyl (C=O) groups is 4. The highest BCUT2D eigenvalue weighted by Crippen LogP contribution is 2.26. The van der Waals surface area contributed by atoms with Gasteiger partial charge in [0.25, 0.3) is 6.47 Å². The fourth-order valence-electron chi connectivity index (χ4n) is 3.42. The predicted molar refractivity (Wildman–Crippen MR) is 152 cm³/mol. The van der Waals surface area contributed by atoms with E-state index in [0.29, 0.717) is 77.8 Å². The monoisotopic (exact) mass is 576 g/mol. The van der Waals surface area contributed by atoms with Gasteiger partial charge < -0.3 is 28.4 Å². The van der Waals surface area contributed by atoms with Gasteiger partial charge in [0, 0.05) is 18.4 Å². The van der Waals surface area contributed by atoms with Crippen molar-refractivity contribution < 1.29 is 47.6 Å². The van der Waals surface area contributed by atoms with Gasteiger partial charge in [0.2, 0.25) is 0 Å². The fourth-order valence-corrected chi connectivity index (χ4v) is 3.42. The van der Waals surface area contributed by atoms with E-state index >= 15 is 0 Å². The molecule has 0 aliphatic rings. The Hall–Kier alpha value is -5.12. The van der Waals surface area contributed by atoms with E-state index in [1.54, 1.807) is 74.5 Å². The van der Waals surface area contributed by atoms with Gasteiger partial charge in [-0.05, 0) is 86.1 Å². The maximum atomic E-state index is 12.6. The van der Waals surface area contributed by atoms with Crippen molar-refractivity contribution in [2.45, 2.75) is 26.7 Å². The van der Waals surface area contributed by atoms with Crippen molar-refractivity contribution in [1.29, 1.82) is 0 Å². The van der Waals surface area contributed by atoms with E-state index in [0.717, 1.165) is 0 Å². The summed E-state index contributed by atoms with van der Waals surface area (Å²) in [6.45, 7) is 8.42. The number of hydrogen-bond acceptors (Lipinski definition) is 10. The molecule has 0 atom stereocenters. The molecule has 0 heterocycles. The minimum atomic E-state index is -0.556. The third-order valence-electron chi connectivity index (χ3n) is 5.62. The Labute approximate surface area is 243 Å². The van der Waals surface area contributed by atoms with Gasteiger partial charge in [-0.15, -0.1) is 0 Å². The Bertz CT molecular complexity index is 1380. The number of hydrogen-bond donors (Lipinski definition) is 0. The lowest BCUT2D eigenvalue weighted by atomic mass is 10.2. The molecule has 3 rings (SSSR count). The van der Waals surface area contributed by atoms with Crippen molar-refractivity contribution in [3.8, 4) is 23.0 Å². The zero-order valence-corrected chi connectivity index (χ0v) is 23.5. The Morgan fingerprint density at radius 1 is 0.714 bits per heavy atom. The van der Waals surface area contributed by atoms with Gasteiger partial charge in [-0.3, -0.25) is 4.79 Å². The lowest BCUT2D eigenvalue weighted by Gasteiger charge is -2.11. The van der Waals surface area contributed by atoms with Crippen LogP contribution in [0.3, 0.4) is 0 Å². The molecule has 3 aromatic rings. The summed E-state index contributed by atoms with van der Waals surface area (Å²) in [5.41, 5.74) is 1.60. The van der Waals surface area contributed by atoms with Gasteiger partial charge >= 0.3 is 17.9 Å². The van der Waals surface area contributed by atoms with Crippen molar-refractivity contribution in [2.75, 3.05) is 26.4 Å². The lowest BCUT2D eigenvalue weighted by Crippen LogP contribution is -2.11. The first-order valence-corrected chi connectivity index (χ1v) is 13.2. The summed E-state index contributed by atoms with van der Waals surface area (Å²) in [6, 6.07) is 17.6. The van der Waals surface area contributed by atoms with Crippen molar-refractivity contribution in [2.24, 2.45) is 0 Å². The summed E-state index contributed by atoms with van der Waals surface area (Å²) in [6.07, 6.45) is 1.06. The van der Waals surface area contributed by atoms with E-state index in [-0.39, 0.29) is 13.2 Å². The van der Waals surface area contributed by atoms with Crippen LogP contribution in [-0.2, 0) is 19.1 Å². The van der Waals surface area contributed by atoms with Crippen LogP contribution in [0.1, 0.15) is 46.0 Å². The second-order valence-corrected chi connectivity index (χ2v) is 9.04. The summed E-state index contributed by atoms with van der Waals surface area (Å²) >= 11 is 0. The number of ether oxygens (including phenoxy) is 6. The van der Waals surface area contributed by atoms with Crippen LogP contribution in [-0.4, -0.2) is 50.8 Å². The Morgan fingerprint density at radius 2 is 1.24 bits per heavy atom. The van der Waals surface area contributed by atoms with Gasteiger partial charge in [0.05, 0.1) is 37.6 Å². The van der Waals surface area contributed by atoms with E-state index < -0.39 is 17.9 Å². The topological polar surface area (TPSA) is 124 Å². The molecule has 0 aliphatic carbocycles. The number of carbonyl (C=O) groups excluding carboxylic acids is 4. The summed E-state index contributed by atoms with van der Waals surface area (Å²) in [5.74, 6) is 0.200. The van der Waals surface area contributed by atoms with Crippen LogP contribution < -0.4 is 18.9 Å².